The molecule has 2 heterocycles. The lowest BCUT2D eigenvalue weighted by molar-refractivity contribution is -0.132. The highest BCUT2D eigenvalue weighted by atomic mass is 79.9. The molecule has 1 aliphatic heterocycles. The second-order valence-electron chi connectivity index (χ2n) is 5.81. The van der Waals surface area contributed by atoms with Crippen LogP contribution in [0.1, 0.15) is 4.88 Å². The first-order chi connectivity index (χ1) is 11.5. The predicted molar refractivity (Wildman–Crippen MR) is 98.9 cm³/mol. The summed E-state index contributed by atoms with van der Waals surface area (Å²) in [6.45, 7) is 2.74. The molecule has 0 radical (unpaired) electrons. The Balaban J connectivity index is 1.53. The highest BCUT2D eigenvalue weighted by molar-refractivity contribution is 9.11. The molecule has 2 N–H and O–H groups in total. The lowest BCUT2D eigenvalue weighted by Gasteiger charge is -2.37. The van der Waals surface area contributed by atoms with Crippen molar-refractivity contribution in [1.82, 2.24) is 4.90 Å². The molecule has 24 heavy (non-hydrogen) atoms. The number of anilines is 1. The molecule has 3 rings (SSSR count). The van der Waals surface area contributed by atoms with Crippen molar-refractivity contribution in [2.24, 2.45) is 5.73 Å². The van der Waals surface area contributed by atoms with Crippen molar-refractivity contribution in [3.63, 3.8) is 0 Å². The van der Waals surface area contributed by atoms with E-state index >= 15 is 0 Å². The monoisotopic (exact) mass is 411 g/mol. The van der Waals surface area contributed by atoms with Gasteiger partial charge in [0.2, 0.25) is 5.91 Å². The van der Waals surface area contributed by atoms with Crippen molar-refractivity contribution in [3.8, 4) is 0 Å². The Kier molecular flexibility index (Phi) is 5.53. The Hall–Kier alpha value is -1.44. The van der Waals surface area contributed by atoms with Crippen molar-refractivity contribution in [3.05, 3.63) is 50.9 Å². The minimum absolute atomic E-state index is 0.00159. The van der Waals surface area contributed by atoms with Crippen molar-refractivity contribution in [2.75, 3.05) is 31.1 Å². The summed E-state index contributed by atoms with van der Waals surface area (Å²) in [5.41, 5.74) is 7.08. The average Bonchev–Trinajstić information content (AvgIpc) is 3.00. The van der Waals surface area contributed by atoms with Gasteiger partial charge in [-0.1, -0.05) is 0 Å². The SMILES string of the molecule is NC(Cc1ccc(Br)s1)C(=O)N1CCN(c2ccc(F)cc2)CC1. The lowest BCUT2D eigenvalue weighted by Crippen LogP contribution is -2.53. The van der Waals surface area contributed by atoms with Gasteiger partial charge in [-0.05, 0) is 52.3 Å². The maximum Gasteiger partial charge on any atom is 0.239 e. The second kappa shape index (κ2) is 7.63. The Morgan fingerprint density at radius 1 is 1.17 bits per heavy atom. The van der Waals surface area contributed by atoms with Gasteiger partial charge < -0.3 is 15.5 Å². The molecule has 1 aromatic carbocycles. The van der Waals surface area contributed by atoms with Gasteiger partial charge in [-0.25, -0.2) is 4.39 Å². The third kappa shape index (κ3) is 4.15. The highest BCUT2D eigenvalue weighted by Crippen LogP contribution is 2.23. The van der Waals surface area contributed by atoms with E-state index in [9.17, 15) is 9.18 Å². The van der Waals surface area contributed by atoms with E-state index in [1.54, 1.807) is 23.5 Å². The maximum atomic E-state index is 13.0. The highest BCUT2D eigenvalue weighted by Gasteiger charge is 2.25. The van der Waals surface area contributed by atoms with E-state index in [1.165, 1.54) is 12.1 Å². The van der Waals surface area contributed by atoms with E-state index in [0.29, 0.717) is 19.5 Å². The van der Waals surface area contributed by atoms with Crippen LogP contribution < -0.4 is 10.6 Å². The number of amides is 1. The molecule has 4 nitrogen and oxygen atoms in total. The zero-order chi connectivity index (χ0) is 17.1. The molecule has 7 heteroatoms. The summed E-state index contributed by atoms with van der Waals surface area (Å²) >= 11 is 5.03. The Morgan fingerprint density at radius 2 is 1.83 bits per heavy atom. The molecule has 1 aromatic heterocycles. The van der Waals surface area contributed by atoms with E-state index in [0.717, 1.165) is 27.4 Å². The molecule has 1 saturated heterocycles. The van der Waals surface area contributed by atoms with Crippen molar-refractivity contribution in [2.45, 2.75) is 12.5 Å². The van der Waals surface area contributed by atoms with Gasteiger partial charge in [0.25, 0.3) is 0 Å². The van der Waals surface area contributed by atoms with Gasteiger partial charge in [-0.2, -0.15) is 0 Å². The van der Waals surface area contributed by atoms with Crippen LogP contribution in [0.5, 0.6) is 0 Å². The van der Waals surface area contributed by atoms with Crippen LogP contribution in [0.2, 0.25) is 0 Å². The van der Waals surface area contributed by atoms with Gasteiger partial charge in [0.05, 0.1) is 9.83 Å². The molecule has 1 unspecified atom stereocenters. The number of nitrogens with zero attached hydrogens (tertiary/aromatic N) is 2. The predicted octanol–water partition coefficient (Wildman–Crippen LogP) is 2.87. The first kappa shape index (κ1) is 17.4. The summed E-state index contributed by atoms with van der Waals surface area (Å²) in [6.07, 6.45) is 0.563. The summed E-state index contributed by atoms with van der Waals surface area (Å²) < 4.78 is 14.1. The standard InChI is InChI=1S/C17H19BrFN3OS/c18-16-6-5-14(24-16)11-15(20)17(23)22-9-7-21(8-10-22)13-3-1-12(19)2-4-13/h1-6,15H,7-11,20H2. The largest absolute Gasteiger partial charge is 0.368 e. The Labute approximate surface area is 153 Å². The average molecular weight is 412 g/mol. The fraction of sp³-hybridized carbons (Fsp3) is 0.353. The summed E-state index contributed by atoms with van der Waals surface area (Å²) in [7, 11) is 0. The van der Waals surface area contributed by atoms with E-state index in [1.807, 2.05) is 17.0 Å². The first-order valence-corrected chi connectivity index (χ1v) is 9.43. The lowest BCUT2D eigenvalue weighted by atomic mass is 10.1. The number of thiophene rings is 1. The fourth-order valence-corrected chi connectivity index (χ4v) is 4.38. The molecular weight excluding hydrogens is 393 g/mol. The molecule has 1 fully saturated rings. The molecule has 0 aliphatic carbocycles. The van der Waals surface area contributed by atoms with E-state index in [-0.39, 0.29) is 11.7 Å². The number of piperazine rings is 1. The summed E-state index contributed by atoms with van der Waals surface area (Å²) in [5.74, 6) is -0.239. The van der Waals surface area contributed by atoms with Crippen LogP contribution in [0.25, 0.3) is 0 Å². The summed E-state index contributed by atoms with van der Waals surface area (Å²) in [6, 6.07) is 9.92. The fourth-order valence-electron chi connectivity index (χ4n) is 2.84. The van der Waals surface area contributed by atoms with Crippen LogP contribution in [0.3, 0.4) is 0 Å². The number of rotatable bonds is 4. The molecule has 2 aromatic rings. The van der Waals surface area contributed by atoms with E-state index in [4.69, 9.17) is 5.73 Å². The molecule has 0 saturated carbocycles. The zero-order valence-corrected chi connectivity index (χ0v) is 15.5. The third-order valence-corrected chi connectivity index (χ3v) is 5.80. The number of carbonyl (C=O) groups is 1. The summed E-state index contributed by atoms with van der Waals surface area (Å²) in [4.78, 5) is 17.6. The van der Waals surface area contributed by atoms with Crippen LogP contribution in [0.15, 0.2) is 40.2 Å². The molecule has 1 aliphatic rings. The van der Waals surface area contributed by atoms with Crippen LogP contribution in [0.4, 0.5) is 10.1 Å². The Morgan fingerprint density at radius 3 is 2.42 bits per heavy atom. The molecule has 128 valence electrons. The van der Waals surface area contributed by atoms with Gasteiger partial charge in [0.15, 0.2) is 0 Å². The topological polar surface area (TPSA) is 49.6 Å². The van der Waals surface area contributed by atoms with Crippen LogP contribution in [-0.4, -0.2) is 43.0 Å². The first-order valence-electron chi connectivity index (χ1n) is 7.82. The quantitative estimate of drug-likeness (QED) is 0.841. The minimum atomic E-state index is -0.507. The van der Waals surface area contributed by atoms with Gasteiger partial charge >= 0.3 is 0 Å². The maximum absolute atomic E-state index is 13.0. The molecular formula is C17H19BrFN3OS. The number of benzene rings is 1. The number of hydrogen-bond donors (Lipinski definition) is 1. The van der Waals surface area contributed by atoms with E-state index < -0.39 is 6.04 Å². The van der Waals surface area contributed by atoms with Crippen molar-refractivity contribution >= 4 is 38.9 Å². The Bertz CT molecular complexity index is 698. The van der Waals surface area contributed by atoms with Gasteiger partial charge in [0.1, 0.15) is 5.82 Å². The number of halogens is 2. The van der Waals surface area contributed by atoms with Crippen molar-refractivity contribution in [1.29, 1.82) is 0 Å². The van der Waals surface area contributed by atoms with Crippen LogP contribution >= 0.6 is 27.3 Å². The van der Waals surface area contributed by atoms with Crippen molar-refractivity contribution < 1.29 is 9.18 Å². The molecule has 0 bridgehead atoms. The van der Waals surface area contributed by atoms with Crippen LogP contribution in [0, 0.1) is 5.82 Å². The normalized spacial score (nSPS) is 16.3. The van der Waals surface area contributed by atoms with E-state index in [2.05, 4.69) is 20.8 Å². The minimum Gasteiger partial charge on any atom is -0.368 e. The van der Waals surface area contributed by atoms with Gasteiger partial charge in [0, 0.05) is 43.2 Å². The van der Waals surface area contributed by atoms with Crippen LogP contribution in [-0.2, 0) is 11.2 Å². The second-order valence-corrected chi connectivity index (χ2v) is 8.35. The smallest absolute Gasteiger partial charge is 0.239 e. The van der Waals surface area contributed by atoms with Gasteiger partial charge in [-0.3, -0.25) is 4.79 Å². The number of hydrogen-bond acceptors (Lipinski definition) is 4. The number of carbonyl (C=O) groups excluding carboxylic acids is 1. The molecule has 1 amide bonds. The summed E-state index contributed by atoms with van der Waals surface area (Å²) in [5, 5.41) is 0. The third-order valence-electron chi connectivity index (χ3n) is 4.15. The molecule has 0 spiro atoms. The molecule has 1 atom stereocenters. The van der Waals surface area contributed by atoms with Gasteiger partial charge in [-0.15, -0.1) is 11.3 Å². The number of nitrogens with two attached hydrogens (primary N) is 1. The zero-order valence-electron chi connectivity index (χ0n) is 13.1.